The van der Waals surface area contributed by atoms with Gasteiger partial charge in [0.2, 0.25) is 5.95 Å². The molecule has 5 heteroatoms. The van der Waals surface area contributed by atoms with Gasteiger partial charge in [0.15, 0.2) is 0 Å². The number of hydrogen-bond donors (Lipinski definition) is 2. The summed E-state index contributed by atoms with van der Waals surface area (Å²) in [6.07, 6.45) is 4.63. The summed E-state index contributed by atoms with van der Waals surface area (Å²) in [6, 6.07) is 11.3. The lowest BCUT2D eigenvalue weighted by Crippen LogP contribution is -2.62. The van der Waals surface area contributed by atoms with E-state index in [1.165, 1.54) is 30.5 Å². The monoisotopic (exact) mass is 335 g/mol. The number of piperidine rings is 1. The van der Waals surface area contributed by atoms with Crippen LogP contribution in [0.15, 0.2) is 30.3 Å². The Morgan fingerprint density at radius 1 is 1.12 bits per heavy atom. The van der Waals surface area contributed by atoms with Crippen LogP contribution in [0.2, 0.25) is 0 Å². The highest BCUT2D eigenvalue weighted by atomic mass is 15.3. The number of rotatable bonds is 2. The van der Waals surface area contributed by atoms with E-state index >= 15 is 0 Å². The van der Waals surface area contributed by atoms with Crippen LogP contribution < -0.4 is 16.0 Å². The summed E-state index contributed by atoms with van der Waals surface area (Å²) in [6.45, 7) is 3.31. The molecule has 5 rings (SSSR count). The predicted molar refractivity (Wildman–Crippen MR) is 99.8 cm³/mol. The summed E-state index contributed by atoms with van der Waals surface area (Å²) in [5.41, 5.74) is 9.96. The predicted octanol–water partition coefficient (Wildman–Crippen LogP) is 2.33. The number of fused-ring (bicyclic) bond motifs is 2. The summed E-state index contributed by atoms with van der Waals surface area (Å²) in [7, 11) is 0. The van der Waals surface area contributed by atoms with Gasteiger partial charge in [0.25, 0.3) is 0 Å². The number of anilines is 2. The zero-order valence-corrected chi connectivity index (χ0v) is 14.5. The Balaban J connectivity index is 1.54. The second kappa shape index (κ2) is 5.99. The minimum atomic E-state index is 0.341. The van der Waals surface area contributed by atoms with Gasteiger partial charge in [-0.15, -0.1) is 0 Å². The maximum Gasteiger partial charge on any atom is 0.222 e. The third kappa shape index (κ3) is 2.58. The standard InChI is InChI=1S/C20H25N5/c21-20-23-18-15(13-5-2-1-3-6-13)7-4-8-16(18)19(24-20)25-10-9-14-11-22-17(14)12-25/h1-3,5-6,14-15,17,22H,4,7-12H2,(H2,21,23,24). The van der Waals surface area contributed by atoms with E-state index in [1.807, 2.05) is 0 Å². The number of nitrogens with two attached hydrogens (primary N) is 1. The lowest BCUT2D eigenvalue weighted by atomic mass is 9.81. The molecule has 0 amide bonds. The van der Waals surface area contributed by atoms with Crippen molar-refractivity contribution in [3.05, 3.63) is 47.2 Å². The van der Waals surface area contributed by atoms with Crippen LogP contribution in [0.4, 0.5) is 11.8 Å². The van der Waals surface area contributed by atoms with Gasteiger partial charge in [0, 0.05) is 30.6 Å². The van der Waals surface area contributed by atoms with E-state index in [0.29, 0.717) is 17.9 Å². The molecule has 1 aromatic heterocycles. The van der Waals surface area contributed by atoms with Crippen molar-refractivity contribution < 1.29 is 0 Å². The lowest BCUT2D eigenvalue weighted by Gasteiger charge is -2.47. The highest BCUT2D eigenvalue weighted by molar-refractivity contribution is 5.55. The van der Waals surface area contributed by atoms with Gasteiger partial charge in [0.1, 0.15) is 5.82 Å². The first-order valence-electron chi connectivity index (χ1n) is 9.49. The van der Waals surface area contributed by atoms with Gasteiger partial charge in [-0.3, -0.25) is 0 Å². The molecule has 3 heterocycles. The molecule has 130 valence electrons. The van der Waals surface area contributed by atoms with Crippen LogP contribution in [0.25, 0.3) is 0 Å². The quantitative estimate of drug-likeness (QED) is 0.882. The van der Waals surface area contributed by atoms with Crippen molar-refractivity contribution in [1.82, 2.24) is 15.3 Å². The fourth-order valence-corrected chi connectivity index (χ4v) is 4.74. The molecule has 0 bridgehead atoms. The first-order chi connectivity index (χ1) is 12.3. The summed E-state index contributed by atoms with van der Waals surface area (Å²) < 4.78 is 0. The summed E-state index contributed by atoms with van der Waals surface area (Å²) >= 11 is 0. The van der Waals surface area contributed by atoms with Gasteiger partial charge in [-0.2, -0.15) is 4.98 Å². The van der Waals surface area contributed by atoms with Crippen LogP contribution in [0.3, 0.4) is 0 Å². The van der Waals surface area contributed by atoms with Gasteiger partial charge in [-0.1, -0.05) is 30.3 Å². The first-order valence-corrected chi connectivity index (χ1v) is 9.49. The molecule has 3 aliphatic rings. The van der Waals surface area contributed by atoms with Crippen molar-refractivity contribution in [2.24, 2.45) is 5.92 Å². The molecule has 2 fully saturated rings. The number of aromatic nitrogens is 2. The Bertz CT molecular complexity index is 775. The average Bonchev–Trinajstić information content (AvgIpc) is 2.62. The first kappa shape index (κ1) is 15.1. The Morgan fingerprint density at radius 2 is 2.00 bits per heavy atom. The number of hydrogen-bond acceptors (Lipinski definition) is 5. The highest BCUT2D eigenvalue weighted by Crippen LogP contribution is 2.40. The van der Waals surface area contributed by atoms with E-state index in [0.717, 1.165) is 43.4 Å². The highest BCUT2D eigenvalue weighted by Gasteiger charge is 2.37. The SMILES string of the molecule is Nc1nc2c(c(N3CCC4CNC4C3)n1)CCCC2c1ccccc1. The smallest absolute Gasteiger partial charge is 0.222 e. The van der Waals surface area contributed by atoms with E-state index in [2.05, 4.69) is 45.5 Å². The Kier molecular flexibility index (Phi) is 3.63. The average molecular weight is 335 g/mol. The molecule has 1 aromatic carbocycles. The van der Waals surface area contributed by atoms with Gasteiger partial charge >= 0.3 is 0 Å². The molecular weight excluding hydrogens is 310 g/mol. The Labute approximate surface area is 148 Å². The second-order valence-corrected chi connectivity index (χ2v) is 7.63. The van der Waals surface area contributed by atoms with E-state index in [1.54, 1.807) is 0 Å². The van der Waals surface area contributed by atoms with E-state index in [-0.39, 0.29) is 0 Å². The molecular formula is C20H25N5. The maximum atomic E-state index is 6.14. The van der Waals surface area contributed by atoms with Crippen molar-refractivity contribution in [2.75, 3.05) is 30.3 Å². The molecule has 2 saturated heterocycles. The Hall–Kier alpha value is -2.14. The second-order valence-electron chi connectivity index (χ2n) is 7.63. The minimum Gasteiger partial charge on any atom is -0.368 e. The maximum absolute atomic E-state index is 6.14. The molecule has 0 spiro atoms. The van der Waals surface area contributed by atoms with Crippen molar-refractivity contribution in [3.8, 4) is 0 Å². The fourth-order valence-electron chi connectivity index (χ4n) is 4.74. The summed E-state index contributed by atoms with van der Waals surface area (Å²) in [5, 5.41) is 3.56. The van der Waals surface area contributed by atoms with Crippen LogP contribution in [-0.4, -0.2) is 35.6 Å². The largest absolute Gasteiger partial charge is 0.368 e. The van der Waals surface area contributed by atoms with Crippen molar-refractivity contribution in [3.63, 3.8) is 0 Å². The molecule has 3 atom stereocenters. The van der Waals surface area contributed by atoms with Crippen LogP contribution in [0, 0.1) is 5.92 Å². The van der Waals surface area contributed by atoms with Crippen LogP contribution in [-0.2, 0) is 6.42 Å². The number of nitrogens with one attached hydrogen (secondary N) is 1. The summed E-state index contributed by atoms with van der Waals surface area (Å²) in [5.74, 6) is 2.70. The number of nitrogens with zero attached hydrogens (tertiary/aromatic N) is 3. The van der Waals surface area contributed by atoms with Crippen LogP contribution in [0.5, 0.6) is 0 Å². The minimum absolute atomic E-state index is 0.341. The van der Waals surface area contributed by atoms with Crippen molar-refractivity contribution in [2.45, 2.75) is 37.6 Å². The molecule has 3 unspecified atom stereocenters. The van der Waals surface area contributed by atoms with Gasteiger partial charge in [0.05, 0.1) is 5.69 Å². The van der Waals surface area contributed by atoms with Crippen molar-refractivity contribution >= 4 is 11.8 Å². The topological polar surface area (TPSA) is 67.1 Å². The molecule has 5 nitrogen and oxygen atoms in total. The molecule has 25 heavy (non-hydrogen) atoms. The van der Waals surface area contributed by atoms with E-state index in [9.17, 15) is 0 Å². The van der Waals surface area contributed by atoms with E-state index < -0.39 is 0 Å². The lowest BCUT2D eigenvalue weighted by molar-refractivity contribution is 0.196. The number of benzene rings is 1. The van der Waals surface area contributed by atoms with Gasteiger partial charge in [-0.25, -0.2) is 4.98 Å². The van der Waals surface area contributed by atoms with Crippen molar-refractivity contribution in [1.29, 1.82) is 0 Å². The molecule has 2 aromatic rings. The van der Waals surface area contributed by atoms with Crippen LogP contribution >= 0.6 is 0 Å². The van der Waals surface area contributed by atoms with Gasteiger partial charge in [-0.05, 0) is 43.7 Å². The van der Waals surface area contributed by atoms with E-state index in [4.69, 9.17) is 10.7 Å². The molecule has 3 N–H and O–H groups in total. The van der Waals surface area contributed by atoms with Crippen LogP contribution in [0.1, 0.15) is 42.0 Å². The fraction of sp³-hybridized carbons (Fsp3) is 0.500. The summed E-state index contributed by atoms with van der Waals surface area (Å²) in [4.78, 5) is 11.8. The molecule has 2 aliphatic heterocycles. The normalized spacial score (nSPS) is 28.0. The zero-order valence-electron chi connectivity index (χ0n) is 14.5. The zero-order chi connectivity index (χ0) is 16.8. The third-order valence-electron chi connectivity index (χ3n) is 6.18. The molecule has 1 aliphatic carbocycles. The molecule has 0 saturated carbocycles. The third-order valence-corrected chi connectivity index (χ3v) is 6.18. The van der Waals surface area contributed by atoms with Gasteiger partial charge < -0.3 is 16.0 Å². The molecule has 0 radical (unpaired) electrons. The number of nitrogen functional groups attached to an aromatic ring is 1. The Morgan fingerprint density at radius 3 is 2.76 bits per heavy atom.